The second-order valence-electron chi connectivity index (χ2n) is 6.21. The average Bonchev–Trinajstić information content (AvgIpc) is 2.94. The van der Waals surface area contributed by atoms with Crippen molar-refractivity contribution >= 4 is 18.0 Å². The number of carbonyl (C=O) groups is 1. The van der Waals surface area contributed by atoms with E-state index in [2.05, 4.69) is 21.9 Å². The van der Waals surface area contributed by atoms with Crippen molar-refractivity contribution in [2.75, 3.05) is 5.32 Å². The number of nitrogens with zero attached hydrogens (tertiary/aromatic N) is 3. The summed E-state index contributed by atoms with van der Waals surface area (Å²) in [6.07, 6.45) is 0.874. The Bertz CT molecular complexity index is 916. The van der Waals surface area contributed by atoms with Crippen molar-refractivity contribution in [2.45, 2.75) is 38.1 Å². The maximum Gasteiger partial charge on any atom is 0.413 e. The topological polar surface area (TPSA) is 136 Å². The third kappa shape index (κ3) is 4.09. The van der Waals surface area contributed by atoms with Crippen molar-refractivity contribution in [3.63, 3.8) is 0 Å². The Hall–Kier alpha value is -3.08. The van der Waals surface area contributed by atoms with Gasteiger partial charge in [-0.15, -0.1) is 0 Å². The maximum atomic E-state index is 12.4. The molecule has 1 amide bonds. The minimum Gasteiger partial charge on any atom is -0.444 e. The molecule has 1 fully saturated rings. The van der Waals surface area contributed by atoms with E-state index in [1.54, 1.807) is 31.5 Å². The van der Waals surface area contributed by atoms with Crippen LogP contribution in [0.4, 0.5) is 10.6 Å². The number of hydrogen-bond donors (Lipinski definition) is 3. The van der Waals surface area contributed by atoms with Crippen LogP contribution in [0.5, 0.6) is 0 Å². The molecule has 28 heavy (non-hydrogen) atoms. The van der Waals surface area contributed by atoms with Gasteiger partial charge in [-0.1, -0.05) is 18.7 Å². The molecule has 148 valence electrons. The quantitative estimate of drug-likeness (QED) is 0.680. The number of nitrogens with one attached hydrogen (secondary N) is 1. The molecular weight excluding hydrogens is 368 g/mol. The van der Waals surface area contributed by atoms with Gasteiger partial charge in [-0.25, -0.2) is 9.59 Å². The fraction of sp³-hybridized carbons (Fsp3) is 0.333. The Morgan fingerprint density at radius 1 is 1.46 bits per heavy atom. The summed E-state index contributed by atoms with van der Waals surface area (Å²) in [4.78, 5) is 32.1. The van der Waals surface area contributed by atoms with Crippen LogP contribution in [-0.2, 0) is 16.1 Å². The highest BCUT2D eigenvalue weighted by molar-refractivity contribution is 5.85. The van der Waals surface area contributed by atoms with Crippen LogP contribution in [0.25, 0.3) is 6.08 Å². The number of pyridine rings is 1. The number of rotatable bonds is 5. The van der Waals surface area contributed by atoms with Crippen LogP contribution in [0.2, 0.25) is 0 Å². The summed E-state index contributed by atoms with van der Waals surface area (Å²) in [6, 6.07) is 3.46. The third-order valence-corrected chi connectivity index (χ3v) is 4.26. The van der Waals surface area contributed by atoms with Crippen molar-refractivity contribution in [1.29, 1.82) is 0 Å². The van der Waals surface area contributed by atoms with Crippen molar-refractivity contribution in [2.24, 2.45) is 0 Å². The van der Waals surface area contributed by atoms with Crippen LogP contribution >= 0.6 is 0 Å². The highest BCUT2D eigenvalue weighted by atomic mass is 16.6. The summed E-state index contributed by atoms with van der Waals surface area (Å²) in [5.74, 6) is -0.0477. The predicted octanol–water partition coefficient (Wildman–Crippen LogP) is 0.669. The minimum absolute atomic E-state index is 0.00194. The Kier molecular flexibility index (Phi) is 5.83. The van der Waals surface area contributed by atoms with Gasteiger partial charge in [-0.2, -0.15) is 4.98 Å². The second-order valence-corrected chi connectivity index (χ2v) is 6.21. The molecule has 2 aromatic heterocycles. The number of aromatic nitrogens is 3. The molecule has 3 N–H and O–H groups in total. The molecular formula is C18H20N4O6. The van der Waals surface area contributed by atoms with Crippen LogP contribution in [0.15, 0.2) is 42.1 Å². The van der Waals surface area contributed by atoms with Gasteiger partial charge >= 0.3 is 11.8 Å². The molecule has 10 nitrogen and oxygen atoms in total. The van der Waals surface area contributed by atoms with Gasteiger partial charge in [0.2, 0.25) is 0 Å². The third-order valence-electron chi connectivity index (χ3n) is 4.26. The largest absolute Gasteiger partial charge is 0.444 e. The van der Waals surface area contributed by atoms with Gasteiger partial charge in [-0.3, -0.25) is 14.9 Å². The zero-order valence-corrected chi connectivity index (χ0v) is 15.1. The molecule has 1 aliphatic heterocycles. The van der Waals surface area contributed by atoms with Crippen LogP contribution in [-0.4, -0.2) is 49.2 Å². The van der Waals surface area contributed by atoms with Crippen molar-refractivity contribution < 1.29 is 24.5 Å². The normalized spacial score (nSPS) is 24.0. The fourth-order valence-corrected chi connectivity index (χ4v) is 2.74. The molecule has 4 atom stereocenters. The van der Waals surface area contributed by atoms with Gasteiger partial charge in [-0.05, 0) is 13.0 Å². The molecule has 1 saturated heterocycles. The predicted molar refractivity (Wildman–Crippen MR) is 98.2 cm³/mol. The zero-order chi connectivity index (χ0) is 20.3. The molecule has 10 heteroatoms. The first kappa shape index (κ1) is 19.7. The number of hydrogen-bond acceptors (Lipinski definition) is 8. The summed E-state index contributed by atoms with van der Waals surface area (Å²) < 4.78 is 11.5. The first-order valence-electron chi connectivity index (χ1n) is 8.50. The fourth-order valence-electron chi connectivity index (χ4n) is 2.74. The maximum absolute atomic E-state index is 12.4. The van der Waals surface area contributed by atoms with Crippen molar-refractivity contribution in [3.8, 4) is 0 Å². The summed E-state index contributed by atoms with van der Waals surface area (Å²) in [5, 5.41) is 22.3. The van der Waals surface area contributed by atoms with E-state index in [0.717, 1.165) is 4.57 Å². The SMILES string of the molecule is C=Cc1cn([C@@H]2O[C@H](C)[C@@H](O)[C@H]2O)c(=O)nc1NC(=O)OCc1cccnc1. The van der Waals surface area contributed by atoms with Gasteiger partial charge in [0.1, 0.15) is 24.6 Å². The number of ether oxygens (including phenoxy) is 2. The van der Waals surface area contributed by atoms with Crippen molar-refractivity contribution in [3.05, 3.63) is 58.9 Å². The molecule has 0 radical (unpaired) electrons. The van der Waals surface area contributed by atoms with Gasteiger partial charge in [0.25, 0.3) is 0 Å². The Balaban J connectivity index is 1.75. The van der Waals surface area contributed by atoms with Crippen LogP contribution < -0.4 is 11.0 Å². The molecule has 2 aromatic rings. The summed E-state index contributed by atoms with van der Waals surface area (Å²) in [7, 11) is 0. The standard InChI is InChI=1S/C18H20N4O6/c1-3-12-8-22(16-14(24)13(23)10(2)28-16)17(25)20-15(12)21-18(26)27-9-11-5-4-6-19-7-11/h3-8,10,13-14,16,23-24H,1,9H2,2H3,(H,20,21,25,26)/t10-,13-,14-,16-/m1/s1. The second kappa shape index (κ2) is 8.30. The lowest BCUT2D eigenvalue weighted by atomic mass is 10.1. The molecule has 0 spiro atoms. The molecule has 0 aromatic carbocycles. The molecule has 0 unspecified atom stereocenters. The average molecular weight is 388 g/mol. The van der Waals surface area contributed by atoms with Gasteiger partial charge in [0.05, 0.1) is 6.10 Å². The number of anilines is 1. The lowest BCUT2D eigenvalue weighted by Gasteiger charge is -2.18. The molecule has 3 rings (SSSR count). The highest BCUT2D eigenvalue weighted by Gasteiger charge is 2.42. The van der Waals surface area contributed by atoms with Gasteiger partial charge in [0, 0.05) is 29.7 Å². The zero-order valence-electron chi connectivity index (χ0n) is 15.1. The smallest absolute Gasteiger partial charge is 0.413 e. The van der Waals surface area contributed by atoms with E-state index in [1.807, 2.05) is 0 Å². The number of carbonyl (C=O) groups excluding carboxylic acids is 1. The van der Waals surface area contributed by atoms with Gasteiger partial charge in [0.15, 0.2) is 6.23 Å². The van der Waals surface area contributed by atoms with Crippen LogP contribution in [0.1, 0.15) is 24.3 Å². The number of aliphatic hydroxyl groups excluding tert-OH is 2. The Morgan fingerprint density at radius 3 is 2.86 bits per heavy atom. The highest BCUT2D eigenvalue weighted by Crippen LogP contribution is 2.28. The van der Waals surface area contributed by atoms with Gasteiger partial charge < -0.3 is 19.7 Å². The van der Waals surface area contributed by atoms with E-state index >= 15 is 0 Å². The first-order valence-corrected chi connectivity index (χ1v) is 8.50. The molecule has 3 heterocycles. The van der Waals surface area contributed by atoms with Crippen molar-refractivity contribution in [1.82, 2.24) is 14.5 Å². The van der Waals surface area contributed by atoms with Crippen LogP contribution in [0.3, 0.4) is 0 Å². The van der Waals surface area contributed by atoms with E-state index in [-0.39, 0.29) is 12.4 Å². The van der Waals surface area contributed by atoms with E-state index in [1.165, 1.54) is 12.3 Å². The minimum atomic E-state index is -1.30. The molecule has 0 aliphatic carbocycles. The Morgan fingerprint density at radius 2 is 2.25 bits per heavy atom. The molecule has 0 saturated carbocycles. The molecule has 1 aliphatic rings. The molecule has 0 bridgehead atoms. The lowest BCUT2D eigenvalue weighted by molar-refractivity contribution is -0.0350. The Labute approximate surface area is 160 Å². The monoisotopic (exact) mass is 388 g/mol. The van der Waals surface area contributed by atoms with E-state index in [0.29, 0.717) is 11.1 Å². The number of amides is 1. The summed E-state index contributed by atoms with van der Waals surface area (Å²) >= 11 is 0. The van der Waals surface area contributed by atoms with E-state index < -0.39 is 36.3 Å². The van der Waals surface area contributed by atoms with E-state index in [9.17, 15) is 19.8 Å². The van der Waals surface area contributed by atoms with Crippen LogP contribution in [0, 0.1) is 0 Å². The summed E-state index contributed by atoms with van der Waals surface area (Å²) in [5.41, 5.74) is 0.228. The lowest BCUT2D eigenvalue weighted by Crippen LogP contribution is -2.36. The first-order chi connectivity index (χ1) is 13.4. The summed E-state index contributed by atoms with van der Waals surface area (Å²) in [6.45, 7) is 5.21. The number of aliphatic hydroxyl groups is 2. The van der Waals surface area contributed by atoms with E-state index in [4.69, 9.17) is 9.47 Å².